The molecule has 9 rings (SSSR count). The predicted molar refractivity (Wildman–Crippen MR) is 189 cm³/mol. The number of pyridine rings is 6. The van der Waals surface area contributed by atoms with Crippen molar-refractivity contribution in [2.24, 2.45) is 0 Å². The summed E-state index contributed by atoms with van der Waals surface area (Å²) in [4.78, 5) is 0. The molecule has 0 saturated heterocycles. The van der Waals surface area contributed by atoms with Crippen LogP contribution >= 0.6 is 27.5 Å². The SMILES string of the molecule is Oc1cc2cccc[n+]2c2cc(F)ccc12.Oc1cc2cccc[n+]2c2ccc(Br)cc12.Oc1cc2cccc[n+]2c2ccc(Cl)cc12.[Cl-].[Cl-].[Cl-]. The highest BCUT2D eigenvalue weighted by atomic mass is 79.9. The van der Waals surface area contributed by atoms with Crippen molar-refractivity contribution in [2.45, 2.75) is 0 Å². The molecule has 0 bridgehead atoms. The van der Waals surface area contributed by atoms with E-state index < -0.39 is 0 Å². The number of rotatable bonds is 0. The molecule has 0 amide bonds. The molecule has 0 radical (unpaired) electrons. The topological polar surface area (TPSA) is 73.0 Å². The Morgan fingerprint density at radius 3 is 1.45 bits per heavy atom. The first-order chi connectivity index (χ1) is 23.3. The molecule has 9 aromatic rings. The summed E-state index contributed by atoms with van der Waals surface area (Å²) in [6.45, 7) is 0. The van der Waals surface area contributed by atoms with Crippen LogP contribution in [-0.4, -0.2) is 15.3 Å². The Labute approximate surface area is 323 Å². The van der Waals surface area contributed by atoms with Crippen LogP contribution in [0.15, 0.2) is 150 Å². The first kappa shape index (κ1) is 39.1. The highest BCUT2D eigenvalue weighted by Gasteiger charge is 2.15. The lowest BCUT2D eigenvalue weighted by atomic mass is 10.1. The number of aromatic nitrogens is 3. The highest BCUT2D eigenvalue weighted by molar-refractivity contribution is 9.10. The Hall–Kier alpha value is -4.70. The Bertz CT molecular complexity index is 2560. The van der Waals surface area contributed by atoms with Crippen molar-refractivity contribution in [3.63, 3.8) is 0 Å². The standard InChI is InChI=1S/C13H8BrNO.C13H8ClNO.C13H8FNO.3ClH/c2*14-9-4-5-12-11(7-9)13(16)8-10-3-1-2-6-15(10)12;14-9-4-5-11-12(7-9)15-6-2-1-3-10(15)8-13(11)16;;;/h3*1-8H;3*1H. The third-order valence-electron chi connectivity index (χ3n) is 8.01. The van der Waals surface area contributed by atoms with E-state index in [1.807, 2.05) is 112 Å². The lowest BCUT2D eigenvalue weighted by molar-refractivity contribution is -0.482. The lowest BCUT2D eigenvalue weighted by Crippen LogP contribution is -3.00. The molecule has 6 aromatic heterocycles. The van der Waals surface area contributed by atoms with Crippen molar-refractivity contribution in [3.8, 4) is 17.2 Å². The molecule has 0 aliphatic carbocycles. The average molecular weight is 826 g/mol. The van der Waals surface area contributed by atoms with Gasteiger partial charge >= 0.3 is 0 Å². The highest BCUT2D eigenvalue weighted by Crippen LogP contribution is 2.28. The van der Waals surface area contributed by atoms with E-state index in [4.69, 9.17) is 11.6 Å². The van der Waals surface area contributed by atoms with Gasteiger partial charge in [-0.1, -0.05) is 27.5 Å². The monoisotopic (exact) mass is 823 g/mol. The number of halogens is 6. The first-order valence-corrected chi connectivity index (χ1v) is 16.1. The van der Waals surface area contributed by atoms with Crippen LogP contribution in [0.2, 0.25) is 5.02 Å². The summed E-state index contributed by atoms with van der Waals surface area (Å²) in [5.41, 5.74) is 5.37. The maximum absolute atomic E-state index is 13.2. The largest absolute Gasteiger partial charge is 1.00 e. The van der Waals surface area contributed by atoms with E-state index in [2.05, 4.69) is 20.3 Å². The molecule has 12 heteroatoms. The summed E-state index contributed by atoms with van der Waals surface area (Å²) in [7, 11) is 0. The Kier molecular flexibility index (Phi) is 12.7. The van der Waals surface area contributed by atoms with Crippen molar-refractivity contribution >= 4 is 76.8 Å². The fourth-order valence-electron chi connectivity index (χ4n) is 5.80. The molecule has 0 aliphatic rings. The molecule has 3 N–H and O–H groups in total. The van der Waals surface area contributed by atoms with Crippen molar-refractivity contribution in [2.75, 3.05) is 0 Å². The second-order valence-electron chi connectivity index (χ2n) is 11.1. The van der Waals surface area contributed by atoms with E-state index in [0.29, 0.717) is 21.7 Å². The van der Waals surface area contributed by atoms with E-state index in [9.17, 15) is 19.7 Å². The van der Waals surface area contributed by atoms with Gasteiger partial charge in [0.1, 0.15) is 23.1 Å². The third kappa shape index (κ3) is 7.96. The molecular formula is C39H27BrCl4FN3O3. The smallest absolute Gasteiger partial charge is 0.225 e. The summed E-state index contributed by atoms with van der Waals surface area (Å²) in [5, 5.41) is 32.6. The number of benzene rings is 3. The van der Waals surface area contributed by atoms with Crippen LogP contribution in [0.3, 0.4) is 0 Å². The number of hydrogen-bond acceptors (Lipinski definition) is 3. The zero-order valence-electron chi connectivity index (χ0n) is 26.3. The zero-order valence-corrected chi connectivity index (χ0v) is 30.9. The van der Waals surface area contributed by atoms with E-state index in [1.54, 1.807) is 30.3 Å². The molecule has 51 heavy (non-hydrogen) atoms. The molecule has 0 saturated carbocycles. The van der Waals surface area contributed by atoms with Gasteiger partial charge in [-0.3, -0.25) is 0 Å². The molecular weight excluding hydrogens is 799 g/mol. The summed E-state index contributed by atoms with van der Waals surface area (Å²) in [6.07, 6.45) is 5.80. The van der Waals surface area contributed by atoms with Gasteiger partial charge in [0.05, 0.1) is 34.4 Å². The van der Waals surface area contributed by atoms with Crippen LogP contribution in [0.4, 0.5) is 4.39 Å². The van der Waals surface area contributed by atoms with E-state index in [-0.39, 0.29) is 54.5 Å². The number of fused-ring (bicyclic) bond motifs is 9. The molecule has 6 nitrogen and oxygen atoms in total. The van der Waals surface area contributed by atoms with Crippen LogP contribution in [0.5, 0.6) is 17.2 Å². The summed E-state index contributed by atoms with van der Waals surface area (Å²) in [6, 6.07) is 38.3. The van der Waals surface area contributed by atoms with Crippen molar-refractivity contribution in [1.29, 1.82) is 0 Å². The van der Waals surface area contributed by atoms with Crippen LogP contribution in [0.25, 0.3) is 49.3 Å². The zero-order chi connectivity index (χ0) is 33.4. The maximum atomic E-state index is 13.2. The van der Waals surface area contributed by atoms with Gasteiger partial charge in [-0.2, -0.15) is 13.2 Å². The third-order valence-corrected chi connectivity index (χ3v) is 8.74. The van der Waals surface area contributed by atoms with Crippen molar-refractivity contribution < 1.29 is 70.1 Å². The van der Waals surface area contributed by atoms with Gasteiger partial charge in [0.2, 0.25) is 33.1 Å². The Morgan fingerprint density at radius 1 is 0.471 bits per heavy atom. The van der Waals surface area contributed by atoms with Gasteiger partial charge in [0.15, 0.2) is 18.6 Å². The van der Waals surface area contributed by atoms with Gasteiger partial charge in [-0.25, -0.2) is 4.39 Å². The minimum absolute atomic E-state index is 0. The van der Waals surface area contributed by atoms with E-state index in [0.717, 1.165) is 42.8 Å². The minimum atomic E-state index is -0.309. The minimum Gasteiger partial charge on any atom is -1.00 e. The second-order valence-corrected chi connectivity index (χ2v) is 12.4. The molecule has 0 fully saturated rings. The van der Waals surface area contributed by atoms with Crippen LogP contribution in [-0.2, 0) is 0 Å². The normalized spacial score (nSPS) is 10.4. The molecule has 6 heterocycles. The summed E-state index contributed by atoms with van der Waals surface area (Å²) < 4.78 is 20.1. The molecule has 0 unspecified atom stereocenters. The molecule has 0 atom stereocenters. The van der Waals surface area contributed by atoms with Crippen molar-refractivity contribution in [3.05, 3.63) is 161 Å². The predicted octanol–water partition coefficient (Wildman–Crippen LogP) is -0.581. The van der Waals surface area contributed by atoms with Gasteiger partial charge < -0.3 is 52.5 Å². The van der Waals surface area contributed by atoms with E-state index >= 15 is 0 Å². The van der Waals surface area contributed by atoms with Gasteiger partial charge in [-0.05, 0) is 54.6 Å². The van der Waals surface area contributed by atoms with E-state index in [1.165, 1.54) is 12.1 Å². The van der Waals surface area contributed by atoms with Gasteiger partial charge in [0.25, 0.3) is 0 Å². The lowest BCUT2D eigenvalue weighted by Gasteiger charge is -2.00. The summed E-state index contributed by atoms with van der Waals surface area (Å²) in [5.74, 6) is 0.420. The molecule has 258 valence electrons. The Balaban J connectivity index is 0.000000167. The van der Waals surface area contributed by atoms with Gasteiger partial charge in [0, 0.05) is 64.1 Å². The number of aromatic hydroxyl groups is 3. The molecule has 0 aliphatic heterocycles. The maximum Gasteiger partial charge on any atom is 0.225 e. The fourth-order valence-corrected chi connectivity index (χ4v) is 6.33. The molecule has 0 spiro atoms. The average Bonchev–Trinajstić information content (AvgIpc) is 3.09. The number of nitrogens with zero attached hydrogens (tertiary/aromatic N) is 3. The van der Waals surface area contributed by atoms with Crippen LogP contribution in [0, 0.1) is 5.82 Å². The first-order valence-electron chi connectivity index (χ1n) is 14.9. The summed E-state index contributed by atoms with van der Waals surface area (Å²) >= 11 is 9.33. The second kappa shape index (κ2) is 16.5. The fraction of sp³-hybridized carbons (Fsp3) is 0. The van der Waals surface area contributed by atoms with Crippen molar-refractivity contribution in [1.82, 2.24) is 0 Å². The van der Waals surface area contributed by atoms with Crippen LogP contribution in [0.1, 0.15) is 0 Å². The van der Waals surface area contributed by atoms with Gasteiger partial charge in [-0.15, -0.1) is 0 Å². The molecule has 3 aromatic carbocycles. The quantitative estimate of drug-likeness (QED) is 0.142. The van der Waals surface area contributed by atoms with Crippen LogP contribution < -0.4 is 50.4 Å². The Morgan fingerprint density at radius 2 is 0.922 bits per heavy atom. The number of hydrogen-bond donors (Lipinski definition) is 3.